The highest BCUT2D eigenvalue weighted by molar-refractivity contribution is 5.72. The Morgan fingerprint density at radius 1 is 0.500 bits per heavy atom. The van der Waals surface area contributed by atoms with E-state index in [1.807, 2.05) is 21.1 Å². The molecule has 64 heavy (non-hydrogen) atoms. The van der Waals surface area contributed by atoms with E-state index in [-0.39, 0.29) is 36.2 Å². The number of nitrogens with zero attached hydrogens (tertiary/aromatic N) is 1. The summed E-state index contributed by atoms with van der Waals surface area (Å²) < 4.78 is 17.3. The van der Waals surface area contributed by atoms with Crippen molar-refractivity contribution in [2.45, 2.75) is 212 Å². The number of carbonyl (C=O) groups excluding carboxylic acids is 2. The maximum Gasteiger partial charge on any atom is 0.362 e. The second kappa shape index (κ2) is 46.1. The second-order valence-electron chi connectivity index (χ2n) is 18.1. The second-order valence-corrected chi connectivity index (χ2v) is 18.1. The minimum Gasteiger partial charge on any atom is -0.477 e. The summed E-state index contributed by atoms with van der Waals surface area (Å²) in [4.78, 5) is 37.2. The van der Waals surface area contributed by atoms with E-state index < -0.39 is 18.1 Å². The Morgan fingerprint density at radius 2 is 0.922 bits per heavy atom. The van der Waals surface area contributed by atoms with Crippen molar-refractivity contribution >= 4 is 17.9 Å². The molecule has 0 heterocycles. The predicted molar refractivity (Wildman–Crippen MR) is 270 cm³/mol. The molecule has 8 heteroatoms. The summed E-state index contributed by atoms with van der Waals surface area (Å²) in [5.41, 5.74) is 0. The van der Waals surface area contributed by atoms with Gasteiger partial charge in [0, 0.05) is 19.3 Å². The molecule has 0 radical (unpaired) electrons. The highest BCUT2D eigenvalue weighted by Crippen LogP contribution is 2.14. The lowest BCUT2D eigenvalue weighted by Gasteiger charge is -2.31. The van der Waals surface area contributed by atoms with E-state index in [2.05, 4.69) is 98.9 Å². The van der Waals surface area contributed by atoms with E-state index in [0.717, 1.165) is 103 Å². The maximum atomic E-state index is 12.8. The average molecular weight is 895 g/mol. The summed E-state index contributed by atoms with van der Waals surface area (Å²) in [6, 6.07) is -0.625. The molecule has 0 saturated carbocycles. The maximum absolute atomic E-state index is 12.8. The molecule has 0 saturated heterocycles. The highest BCUT2D eigenvalue weighted by Gasteiger charge is 2.31. The lowest BCUT2D eigenvalue weighted by molar-refractivity contribution is -0.887. The molecular weight excluding hydrogens is 799 g/mol. The third-order valence-electron chi connectivity index (χ3n) is 11.1. The van der Waals surface area contributed by atoms with Gasteiger partial charge in [-0.15, -0.1) is 0 Å². The van der Waals surface area contributed by atoms with Crippen molar-refractivity contribution in [2.75, 3.05) is 41.0 Å². The normalized spacial score (nSPS) is 13.6. The number of allylic oxidation sites excluding steroid dienone is 14. The standard InChI is InChI=1S/C56H95NO7/c1-6-8-10-12-14-16-18-20-22-24-26-27-28-29-31-33-35-37-39-41-43-45-47-55(59)64-52(50-62-49-48-53(56(60)61)57(3,4)5)51-63-54(58)46-44-42-40-38-36-34-32-30-25-23-21-19-17-15-13-11-9-7-2/h8,10,14,16,20,22-23,25-27,29-32,52-53H,6-7,9,11-13,15,17-19,21,24,28,33-51H2,1-5H3/p+1/b10-8+,16-14+,22-20+,25-23+,27-26+,31-29+,32-30+. The van der Waals surface area contributed by atoms with Gasteiger partial charge in [-0.1, -0.05) is 182 Å². The van der Waals surface area contributed by atoms with Crippen molar-refractivity contribution in [1.82, 2.24) is 0 Å². The summed E-state index contributed by atoms with van der Waals surface area (Å²) in [6.45, 7) is 4.59. The van der Waals surface area contributed by atoms with Crippen LogP contribution < -0.4 is 0 Å². The largest absolute Gasteiger partial charge is 0.477 e. The van der Waals surface area contributed by atoms with E-state index >= 15 is 0 Å². The van der Waals surface area contributed by atoms with E-state index in [1.165, 1.54) is 64.2 Å². The fraction of sp³-hybridized carbons (Fsp3) is 0.696. The number of rotatable bonds is 45. The topological polar surface area (TPSA) is 99.1 Å². The minimum absolute atomic E-state index is 0.0455. The molecule has 366 valence electrons. The van der Waals surface area contributed by atoms with Crippen molar-refractivity contribution in [3.05, 3.63) is 85.1 Å². The molecule has 2 atom stereocenters. The fourth-order valence-corrected chi connectivity index (χ4v) is 7.11. The zero-order valence-corrected chi connectivity index (χ0v) is 41.7. The summed E-state index contributed by atoms with van der Waals surface area (Å²) in [6.07, 6.45) is 60.6. The molecule has 0 aromatic heterocycles. The van der Waals surface area contributed by atoms with Gasteiger partial charge in [-0.05, 0) is 83.5 Å². The molecule has 1 N–H and O–H groups in total. The molecule has 0 aliphatic carbocycles. The summed E-state index contributed by atoms with van der Waals surface area (Å²) >= 11 is 0. The third kappa shape index (κ3) is 43.7. The number of esters is 2. The Balaban J connectivity index is 4.33. The van der Waals surface area contributed by atoms with E-state index in [9.17, 15) is 19.5 Å². The average Bonchev–Trinajstić information content (AvgIpc) is 3.26. The van der Waals surface area contributed by atoms with Crippen LogP contribution in [0.2, 0.25) is 0 Å². The van der Waals surface area contributed by atoms with Crippen LogP contribution in [0.25, 0.3) is 0 Å². The van der Waals surface area contributed by atoms with Crippen molar-refractivity contribution in [3.63, 3.8) is 0 Å². The van der Waals surface area contributed by atoms with Crippen LogP contribution in [0, 0.1) is 0 Å². The van der Waals surface area contributed by atoms with Crippen molar-refractivity contribution in [2.24, 2.45) is 0 Å². The Kier molecular flexibility index (Phi) is 43.5. The lowest BCUT2D eigenvalue weighted by atomic mass is 10.1. The van der Waals surface area contributed by atoms with Gasteiger partial charge >= 0.3 is 17.9 Å². The first-order valence-electron chi connectivity index (χ1n) is 25.6. The Labute approximate surface area is 393 Å². The summed E-state index contributed by atoms with van der Waals surface area (Å²) in [7, 11) is 5.52. The number of likely N-dealkylation sites (N-methyl/N-ethyl adjacent to an activating group) is 1. The molecule has 0 aromatic carbocycles. The molecule has 0 spiro atoms. The van der Waals surface area contributed by atoms with Gasteiger partial charge in [-0.2, -0.15) is 0 Å². The quantitative estimate of drug-likeness (QED) is 0.0214. The first kappa shape index (κ1) is 60.5. The molecule has 0 fully saturated rings. The summed E-state index contributed by atoms with van der Waals surface area (Å²) in [5, 5.41) is 9.65. The first-order valence-corrected chi connectivity index (χ1v) is 25.6. The molecule has 0 aromatic rings. The Hall–Kier alpha value is -3.49. The number of hydrogen-bond donors (Lipinski definition) is 1. The van der Waals surface area contributed by atoms with E-state index in [0.29, 0.717) is 19.3 Å². The minimum atomic E-state index is -0.882. The van der Waals surface area contributed by atoms with Crippen molar-refractivity contribution < 1.29 is 38.2 Å². The predicted octanol–water partition coefficient (Wildman–Crippen LogP) is 14.9. The number of unbranched alkanes of at least 4 members (excludes halogenated alkanes) is 18. The van der Waals surface area contributed by atoms with Gasteiger partial charge in [0.1, 0.15) is 6.61 Å². The number of carboxylic acid groups (broad SMARTS) is 1. The van der Waals surface area contributed by atoms with E-state index in [1.54, 1.807) is 0 Å². The van der Waals surface area contributed by atoms with Crippen LogP contribution >= 0.6 is 0 Å². The van der Waals surface area contributed by atoms with Gasteiger partial charge in [-0.25, -0.2) is 4.79 Å². The van der Waals surface area contributed by atoms with Crippen molar-refractivity contribution in [1.29, 1.82) is 0 Å². The smallest absolute Gasteiger partial charge is 0.362 e. The molecule has 8 nitrogen and oxygen atoms in total. The van der Waals surface area contributed by atoms with Crippen LogP contribution in [0.15, 0.2) is 85.1 Å². The van der Waals surface area contributed by atoms with Gasteiger partial charge in [0.15, 0.2) is 12.1 Å². The number of quaternary nitrogens is 1. The number of carboxylic acids is 1. The van der Waals surface area contributed by atoms with E-state index in [4.69, 9.17) is 14.2 Å². The van der Waals surface area contributed by atoms with Crippen LogP contribution in [-0.2, 0) is 28.6 Å². The van der Waals surface area contributed by atoms with Gasteiger partial charge in [-0.3, -0.25) is 9.59 Å². The molecule has 0 amide bonds. The lowest BCUT2D eigenvalue weighted by Crippen LogP contribution is -2.50. The molecule has 0 aliphatic rings. The fourth-order valence-electron chi connectivity index (χ4n) is 7.11. The first-order chi connectivity index (χ1) is 31.1. The Morgan fingerprint density at radius 3 is 1.39 bits per heavy atom. The van der Waals surface area contributed by atoms with Crippen LogP contribution in [0.5, 0.6) is 0 Å². The monoisotopic (exact) mass is 895 g/mol. The van der Waals surface area contributed by atoms with Gasteiger partial charge < -0.3 is 23.8 Å². The van der Waals surface area contributed by atoms with Gasteiger partial charge in [0.2, 0.25) is 0 Å². The van der Waals surface area contributed by atoms with Crippen LogP contribution in [0.3, 0.4) is 0 Å². The third-order valence-corrected chi connectivity index (χ3v) is 11.1. The molecule has 0 aliphatic heterocycles. The number of hydrogen-bond acceptors (Lipinski definition) is 6. The molecular formula is C56H96NO7+. The zero-order valence-electron chi connectivity index (χ0n) is 41.7. The number of carbonyl (C=O) groups is 3. The number of ether oxygens (including phenoxy) is 3. The van der Waals surface area contributed by atoms with Gasteiger partial charge in [0.25, 0.3) is 0 Å². The van der Waals surface area contributed by atoms with Gasteiger partial charge in [0.05, 0.1) is 34.4 Å². The number of aliphatic carboxylic acids is 1. The van der Waals surface area contributed by atoms with Crippen LogP contribution in [-0.4, -0.2) is 80.6 Å². The summed E-state index contributed by atoms with van der Waals surface area (Å²) in [5.74, 6) is -1.51. The highest BCUT2D eigenvalue weighted by atomic mass is 16.6. The molecule has 2 unspecified atom stereocenters. The molecule has 0 bridgehead atoms. The van der Waals surface area contributed by atoms with Crippen LogP contribution in [0.4, 0.5) is 0 Å². The zero-order chi connectivity index (χ0) is 47.0. The SMILES string of the molecule is CC/C=C/C/C=C/C/C=C/C/C=C/C/C=C/CCCCCCCCC(=O)OC(COCCC(C(=O)O)[N+](C)(C)C)COC(=O)CCCCCCC/C=C/C=C/CCCCCCCCC. The molecule has 0 rings (SSSR count). The van der Waals surface area contributed by atoms with Crippen LogP contribution in [0.1, 0.15) is 200 Å². The van der Waals surface area contributed by atoms with Crippen molar-refractivity contribution in [3.8, 4) is 0 Å². The Bertz CT molecular complexity index is 1320.